The quantitative estimate of drug-likeness (QED) is 0.603. The van der Waals surface area contributed by atoms with Gasteiger partial charge in [-0.2, -0.15) is 0 Å². The van der Waals surface area contributed by atoms with Crippen LogP contribution in [-0.2, 0) is 17.9 Å². The van der Waals surface area contributed by atoms with Crippen molar-refractivity contribution in [2.75, 3.05) is 14.2 Å². The van der Waals surface area contributed by atoms with Gasteiger partial charge in [-0.25, -0.2) is 4.98 Å². The molecule has 0 fully saturated rings. The molecule has 0 aliphatic rings. The van der Waals surface area contributed by atoms with Crippen LogP contribution in [0.15, 0.2) is 23.4 Å². The zero-order valence-corrected chi connectivity index (χ0v) is 18.5. The number of methoxy groups -OCH3 is 2. The molecule has 1 N–H and O–H groups in total. The van der Waals surface area contributed by atoms with Gasteiger partial charge in [-0.3, -0.25) is 4.79 Å². The lowest BCUT2D eigenvalue weighted by Gasteiger charge is -2.14. The van der Waals surface area contributed by atoms with Gasteiger partial charge in [0.25, 0.3) is 0 Å². The highest BCUT2D eigenvalue weighted by molar-refractivity contribution is 8.00. The predicted octanol–water partition coefficient (Wildman–Crippen LogP) is 4.11. The number of hydrogen-bond acceptors (Lipinski definition) is 5. The summed E-state index contributed by atoms with van der Waals surface area (Å²) in [5.74, 6) is 1.31. The van der Waals surface area contributed by atoms with Gasteiger partial charge in [0.1, 0.15) is 0 Å². The monoisotopic (exact) mass is 405 g/mol. The van der Waals surface area contributed by atoms with Gasteiger partial charge >= 0.3 is 0 Å². The SMILES string of the molecule is CCCCn1c(SC(C)C(=O)NCc2ccc(OC)c(OC)c2)nc(C)c1C. The second-order valence-electron chi connectivity index (χ2n) is 6.74. The molecule has 0 aliphatic heterocycles. The van der Waals surface area contributed by atoms with Crippen molar-refractivity contribution in [3.8, 4) is 11.5 Å². The molecule has 6 nitrogen and oxygen atoms in total. The van der Waals surface area contributed by atoms with E-state index in [4.69, 9.17) is 9.47 Å². The smallest absolute Gasteiger partial charge is 0.233 e. The summed E-state index contributed by atoms with van der Waals surface area (Å²) in [7, 11) is 3.20. The molecule has 0 bridgehead atoms. The Balaban J connectivity index is 1.99. The molecular weight excluding hydrogens is 374 g/mol. The van der Waals surface area contributed by atoms with Crippen molar-refractivity contribution in [1.82, 2.24) is 14.9 Å². The van der Waals surface area contributed by atoms with Crippen LogP contribution in [0, 0.1) is 13.8 Å². The van der Waals surface area contributed by atoms with Gasteiger partial charge in [0.05, 0.1) is 25.2 Å². The van der Waals surface area contributed by atoms with Crippen molar-refractivity contribution in [1.29, 1.82) is 0 Å². The van der Waals surface area contributed by atoms with Crippen LogP contribution in [0.5, 0.6) is 11.5 Å². The highest BCUT2D eigenvalue weighted by Crippen LogP contribution is 2.28. The molecule has 2 aromatic rings. The summed E-state index contributed by atoms with van der Waals surface area (Å²) in [6.45, 7) is 9.57. The highest BCUT2D eigenvalue weighted by atomic mass is 32.2. The first kappa shape index (κ1) is 22.1. The van der Waals surface area contributed by atoms with Crippen LogP contribution in [0.25, 0.3) is 0 Å². The summed E-state index contributed by atoms with van der Waals surface area (Å²) in [5, 5.41) is 3.68. The van der Waals surface area contributed by atoms with Crippen LogP contribution in [0.4, 0.5) is 0 Å². The minimum Gasteiger partial charge on any atom is -0.493 e. The van der Waals surface area contributed by atoms with Gasteiger partial charge in [0.2, 0.25) is 5.91 Å². The Bertz CT molecular complexity index is 804. The Kier molecular flexibility index (Phi) is 8.23. The summed E-state index contributed by atoms with van der Waals surface area (Å²) in [5.41, 5.74) is 3.16. The standard InChI is InChI=1S/C21H31N3O3S/c1-7-8-11-24-15(3)14(2)23-21(24)28-16(4)20(25)22-13-17-9-10-18(26-5)19(12-17)27-6/h9-10,12,16H,7-8,11,13H2,1-6H3,(H,22,25). The molecule has 1 heterocycles. The number of imidazole rings is 1. The molecule has 1 aromatic carbocycles. The lowest BCUT2D eigenvalue weighted by Crippen LogP contribution is -2.30. The number of aromatic nitrogens is 2. The zero-order valence-electron chi connectivity index (χ0n) is 17.7. The maximum Gasteiger partial charge on any atom is 0.233 e. The molecule has 154 valence electrons. The molecule has 7 heteroatoms. The van der Waals surface area contributed by atoms with E-state index in [1.54, 1.807) is 14.2 Å². The second kappa shape index (κ2) is 10.4. The molecule has 0 saturated carbocycles. The van der Waals surface area contributed by atoms with Crippen molar-refractivity contribution in [2.45, 2.75) is 64.0 Å². The molecule has 28 heavy (non-hydrogen) atoms. The average Bonchev–Trinajstić information content (AvgIpc) is 2.96. The molecule has 1 atom stereocenters. The normalized spacial score (nSPS) is 11.9. The summed E-state index contributed by atoms with van der Waals surface area (Å²) in [6.07, 6.45) is 2.23. The molecule has 0 aliphatic carbocycles. The number of ether oxygens (including phenoxy) is 2. The number of carbonyl (C=O) groups is 1. The number of nitrogens with one attached hydrogen (secondary N) is 1. The van der Waals surface area contributed by atoms with E-state index >= 15 is 0 Å². The molecule has 0 spiro atoms. The molecule has 2 rings (SSSR count). The van der Waals surface area contributed by atoms with Crippen molar-refractivity contribution < 1.29 is 14.3 Å². The Morgan fingerprint density at radius 2 is 1.96 bits per heavy atom. The van der Waals surface area contributed by atoms with Crippen molar-refractivity contribution in [3.05, 3.63) is 35.2 Å². The first-order valence-electron chi connectivity index (χ1n) is 9.60. The summed E-state index contributed by atoms with van der Waals surface area (Å²) < 4.78 is 12.8. The van der Waals surface area contributed by atoms with Crippen molar-refractivity contribution in [3.63, 3.8) is 0 Å². The largest absolute Gasteiger partial charge is 0.493 e. The summed E-state index contributed by atoms with van der Waals surface area (Å²) >= 11 is 1.51. The van der Waals surface area contributed by atoms with E-state index in [0.717, 1.165) is 35.8 Å². The number of unbranched alkanes of at least 4 members (excludes halogenated alkanes) is 1. The first-order valence-corrected chi connectivity index (χ1v) is 10.5. The molecule has 1 unspecified atom stereocenters. The Labute approximate surface area is 172 Å². The third-order valence-corrected chi connectivity index (χ3v) is 5.81. The minimum atomic E-state index is -0.235. The summed E-state index contributed by atoms with van der Waals surface area (Å²) in [6, 6.07) is 5.64. The lowest BCUT2D eigenvalue weighted by molar-refractivity contribution is -0.120. The maximum atomic E-state index is 12.6. The molecule has 0 saturated heterocycles. The van der Waals surface area contributed by atoms with Crippen LogP contribution in [-0.4, -0.2) is 34.9 Å². The van der Waals surface area contributed by atoms with Gasteiger partial charge in [-0.1, -0.05) is 31.2 Å². The molecule has 1 aromatic heterocycles. The number of aryl methyl sites for hydroxylation is 1. The maximum absolute atomic E-state index is 12.6. The molecular formula is C21H31N3O3S. The predicted molar refractivity (Wildman–Crippen MR) is 113 cm³/mol. The average molecular weight is 406 g/mol. The van der Waals surface area contributed by atoms with E-state index in [9.17, 15) is 4.79 Å². The third kappa shape index (κ3) is 5.44. The van der Waals surface area contributed by atoms with Crippen LogP contribution in [0.3, 0.4) is 0 Å². The minimum absolute atomic E-state index is 0.0138. The van der Waals surface area contributed by atoms with Crippen LogP contribution < -0.4 is 14.8 Å². The number of rotatable bonds is 10. The number of hydrogen-bond donors (Lipinski definition) is 1. The van der Waals surface area contributed by atoms with Gasteiger partial charge in [0.15, 0.2) is 16.7 Å². The summed E-state index contributed by atoms with van der Waals surface area (Å²) in [4.78, 5) is 17.3. The van der Waals surface area contributed by atoms with E-state index < -0.39 is 0 Å². The van der Waals surface area contributed by atoms with Crippen molar-refractivity contribution >= 4 is 17.7 Å². The Hall–Kier alpha value is -2.15. The number of nitrogens with zero attached hydrogens (tertiary/aromatic N) is 2. The van der Waals surface area contributed by atoms with Crippen molar-refractivity contribution in [2.24, 2.45) is 0 Å². The molecule has 0 radical (unpaired) electrons. The van der Waals surface area contributed by atoms with Crippen LogP contribution in [0.2, 0.25) is 0 Å². The number of carbonyl (C=O) groups excluding carboxylic acids is 1. The molecule has 1 amide bonds. The lowest BCUT2D eigenvalue weighted by atomic mass is 10.2. The van der Waals surface area contributed by atoms with Gasteiger partial charge in [-0.15, -0.1) is 0 Å². The Morgan fingerprint density at radius 1 is 1.25 bits per heavy atom. The van der Waals surface area contributed by atoms with E-state index in [1.807, 2.05) is 32.0 Å². The van der Waals surface area contributed by atoms with E-state index in [1.165, 1.54) is 17.5 Å². The topological polar surface area (TPSA) is 65.4 Å². The van der Waals surface area contributed by atoms with E-state index in [0.29, 0.717) is 18.0 Å². The second-order valence-corrected chi connectivity index (χ2v) is 8.05. The zero-order chi connectivity index (χ0) is 20.7. The van der Waals surface area contributed by atoms with Crippen LogP contribution >= 0.6 is 11.8 Å². The fourth-order valence-electron chi connectivity index (χ4n) is 2.83. The fraction of sp³-hybridized carbons (Fsp3) is 0.524. The first-order chi connectivity index (χ1) is 13.4. The third-order valence-electron chi connectivity index (χ3n) is 4.72. The van der Waals surface area contributed by atoms with Gasteiger partial charge in [-0.05, 0) is 44.9 Å². The number of amides is 1. The van der Waals surface area contributed by atoms with E-state index in [2.05, 4.69) is 28.7 Å². The number of benzene rings is 1. The van der Waals surface area contributed by atoms with Gasteiger partial charge < -0.3 is 19.4 Å². The number of thioether (sulfide) groups is 1. The van der Waals surface area contributed by atoms with E-state index in [-0.39, 0.29) is 11.2 Å². The highest BCUT2D eigenvalue weighted by Gasteiger charge is 2.19. The Morgan fingerprint density at radius 3 is 2.61 bits per heavy atom. The van der Waals surface area contributed by atoms with Gasteiger partial charge in [0, 0.05) is 18.8 Å². The van der Waals surface area contributed by atoms with Crippen LogP contribution in [0.1, 0.15) is 43.6 Å². The fourth-order valence-corrected chi connectivity index (χ4v) is 3.88.